The molecule has 0 bridgehead atoms. The SMILES string of the molecule is O=C(CC1S/C(=N/N=Cc2ccc([N+](=O)[O-])o2)NC1=O)Nc1ccccc1. The Morgan fingerprint density at radius 1 is 1.33 bits per heavy atom. The lowest BCUT2D eigenvalue weighted by Crippen LogP contribution is -2.28. The Kier molecular flexibility index (Phi) is 5.61. The third-order valence-electron chi connectivity index (χ3n) is 3.33. The van der Waals surface area contributed by atoms with E-state index in [1.54, 1.807) is 24.3 Å². The van der Waals surface area contributed by atoms with E-state index < -0.39 is 16.1 Å². The minimum Gasteiger partial charge on any atom is -0.400 e. The van der Waals surface area contributed by atoms with Gasteiger partial charge in [-0.1, -0.05) is 30.0 Å². The standard InChI is InChI=1S/C16H13N5O5S/c22-13(18-10-4-2-1-3-5-10)8-12-15(23)19-16(27-12)20-17-9-11-6-7-14(26-11)21(24)25/h1-7,9,12H,8H2,(H,18,22)(H,19,20,23). The van der Waals surface area contributed by atoms with E-state index in [0.29, 0.717) is 5.69 Å². The molecule has 1 aliphatic heterocycles. The van der Waals surface area contributed by atoms with Crippen LogP contribution in [-0.2, 0) is 9.59 Å². The third kappa shape index (κ3) is 5.01. The van der Waals surface area contributed by atoms with Crippen molar-refractivity contribution in [2.24, 2.45) is 10.2 Å². The zero-order valence-corrected chi connectivity index (χ0v) is 14.5. The Morgan fingerprint density at radius 2 is 2.11 bits per heavy atom. The predicted molar refractivity (Wildman–Crippen MR) is 99.6 cm³/mol. The van der Waals surface area contributed by atoms with E-state index in [2.05, 4.69) is 20.8 Å². The van der Waals surface area contributed by atoms with Gasteiger partial charge in [-0.25, -0.2) is 0 Å². The lowest BCUT2D eigenvalue weighted by molar-refractivity contribution is -0.402. The lowest BCUT2D eigenvalue weighted by atomic mass is 10.2. The van der Waals surface area contributed by atoms with Gasteiger partial charge in [-0.2, -0.15) is 5.10 Å². The number of anilines is 1. The molecule has 1 fully saturated rings. The van der Waals surface area contributed by atoms with Crippen LogP contribution in [0.2, 0.25) is 0 Å². The van der Waals surface area contributed by atoms with Crippen LogP contribution in [0, 0.1) is 10.1 Å². The molecule has 0 saturated carbocycles. The molecule has 0 radical (unpaired) electrons. The molecule has 2 aromatic rings. The van der Waals surface area contributed by atoms with Gasteiger partial charge in [0.2, 0.25) is 11.8 Å². The van der Waals surface area contributed by atoms with Gasteiger partial charge in [0.05, 0.1) is 12.3 Å². The minimum absolute atomic E-state index is 0.0154. The molecule has 11 heteroatoms. The molecule has 1 saturated heterocycles. The summed E-state index contributed by atoms with van der Waals surface area (Å²) in [6, 6.07) is 11.5. The summed E-state index contributed by atoms with van der Waals surface area (Å²) in [4.78, 5) is 33.8. The number of para-hydroxylation sites is 1. The number of nitrogens with one attached hydrogen (secondary N) is 2. The van der Waals surface area contributed by atoms with Gasteiger partial charge in [0, 0.05) is 12.1 Å². The molecule has 3 rings (SSSR count). The van der Waals surface area contributed by atoms with E-state index in [1.807, 2.05) is 6.07 Å². The van der Waals surface area contributed by atoms with Crippen molar-refractivity contribution in [3.05, 3.63) is 58.3 Å². The number of carbonyl (C=O) groups is 2. The quantitative estimate of drug-likeness (QED) is 0.442. The second-order valence-corrected chi connectivity index (χ2v) is 6.49. The van der Waals surface area contributed by atoms with Gasteiger partial charge in [0.15, 0.2) is 10.9 Å². The fourth-order valence-electron chi connectivity index (χ4n) is 2.14. The second-order valence-electron chi connectivity index (χ2n) is 5.30. The van der Waals surface area contributed by atoms with Gasteiger partial charge < -0.3 is 15.1 Å². The van der Waals surface area contributed by atoms with Gasteiger partial charge in [-0.05, 0) is 18.2 Å². The first-order valence-corrected chi connectivity index (χ1v) is 8.57. The molecule has 138 valence electrons. The third-order valence-corrected chi connectivity index (χ3v) is 4.40. The topological polar surface area (TPSA) is 139 Å². The summed E-state index contributed by atoms with van der Waals surface area (Å²) in [5, 5.41) is 22.9. The minimum atomic E-state index is -0.665. The lowest BCUT2D eigenvalue weighted by Gasteiger charge is -2.06. The van der Waals surface area contributed by atoms with Crippen molar-refractivity contribution >= 4 is 46.5 Å². The van der Waals surface area contributed by atoms with Crippen molar-refractivity contribution in [2.75, 3.05) is 5.32 Å². The smallest absolute Gasteiger partial charge is 0.400 e. The second kappa shape index (κ2) is 8.27. The van der Waals surface area contributed by atoms with Crippen molar-refractivity contribution in [2.45, 2.75) is 11.7 Å². The molecule has 0 spiro atoms. The number of amides is 2. The van der Waals surface area contributed by atoms with Crippen LogP contribution in [0.1, 0.15) is 12.2 Å². The normalized spacial score (nSPS) is 18.0. The van der Waals surface area contributed by atoms with E-state index in [-0.39, 0.29) is 29.2 Å². The summed E-state index contributed by atoms with van der Waals surface area (Å²) < 4.78 is 4.90. The number of furan rings is 1. The number of nitro groups is 1. The average Bonchev–Trinajstić information content (AvgIpc) is 3.23. The molecular weight excluding hydrogens is 374 g/mol. The maximum absolute atomic E-state index is 12.0. The van der Waals surface area contributed by atoms with E-state index in [9.17, 15) is 19.7 Å². The van der Waals surface area contributed by atoms with E-state index in [1.165, 1.54) is 18.3 Å². The van der Waals surface area contributed by atoms with Crippen LogP contribution in [0.3, 0.4) is 0 Å². The zero-order valence-electron chi connectivity index (χ0n) is 13.7. The molecule has 1 aromatic heterocycles. The Balaban J connectivity index is 1.54. The van der Waals surface area contributed by atoms with Gasteiger partial charge in [-0.15, -0.1) is 5.10 Å². The maximum atomic E-state index is 12.0. The number of nitrogens with zero attached hydrogens (tertiary/aromatic N) is 3. The monoisotopic (exact) mass is 387 g/mol. The fourth-order valence-corrected chi connectivity index (χ4v) is 3.06. The number of benzene rings is 1. The van der Waals surface area contributed by atoms with Gasteiger partial charge in [0.25, 0.3) is 0 Å². The van der Waals surface area contributed by atoms with Crippen molar-refractivity contribution in [3.8, 4) is 0 Å². The zero-order chi connectivity index (χ0) is 19.2. The Morgan fingerprint density at radius 3 is 2.81 bits per heavy atom. The highest BCUT2D eigenvalue weighted by molar-refractivity contribution is 8.15. The Hall–Kier alpha value is -3.47. The highest BCUT2D eigenvalue weighted by atomic mass is 32.2. The van der Waals surface area contributed by atoms with Crippen LogP contribution < -0.4 is 10.6 Å². The van der Waals surface area contributed by atoms with Crippen LogP contribution in [0.25, 0.3) is 0 Å². The average molecular weight is 387 g/mol. The molecule has 2 N–H and O–H groups in total. The van der Waals surface area contributed by atoms with Crippen LogP contribution in [0.4, 0.5) is 11.6 Å². The van der Waals surface area contributed by atoms with Crippen LogP contribution >= 0.6 is 11.8 Å². The molecule has 1 aromatic carbocycles. The number of hydrogen-bond acceptors (Lipinski definition) is 8. The van der Waals surface area contributed by atoms with Crippen LogP contribution in [-0.4, -0.2) is 33.4 Å². The van der Waals surface area contributed by atoms with Crippen LogP contribution in [0.5, 0.6) is 0 Å². The molecule has 1 unspecified atom stereocenters. The summed E-state index contributed by atoms with van der Waals surface area (Å²) in [5.74, 6) is -0.886. The highest BCUT2D eigenvalue weighted by Crippen LogP contribution is 2.23. The number of amidine groups is 1. The summed E-state index contributed by atoms with van der Waals surface area (Å²) in [5.41, 5.74) is 0.650. The highest BCUT2D eigenvalue weighted by Gasteiger charge is 2.32. The molecular formula is C16H13N5O5S. The number of carbonyl (C=O) groups excluding carboxylic acids is 2. The molecule has 10 nitrogen and oxygen atoms in total. The molecule has 0 aliphatic carbocycles. The number of hydrogen-bond donors (Lipinski definition) is 2. The summed E-state index contributed by atoms with van der Waals surface area (Å²) in [7, 11) is 0. The predicted octanol–water partition coefficient (Wildman–Crippen LogP) is 2.14. The molecule has 27 heavy (non-hydrogen) atoms. The first kappa shape index (κ1) is 18.3. The maximum Gasteiger partial charge on any atom is 0.433 e. The summed E-state index contributed by atoms with van der Waals surface area (Å²) in [6.45, 7) is 0. The molecule has 2 amide bonds. The Labute approximate surface area is 156 Å². The van der Waals surface area contributed by atoms with E-state index in [4.69, 9.17) is 4.42 Å². The van der Waals surface area contributed by atoms with Crippen molar-refractivity contribution < 1.29 is 18.9 Å². The summed E-state index contributed by atoms with van der Waals surface area (Å²) in [6.07, 6.45) is 1.17. The van der Waals surface area contributed by atoms with Gasteiger partial charge >= 0.3 is 5.88 Å². The molecule has 1 aliphatic rings. The van der Waals surface area contributed by atoms with Gasteiger partial charge in [0.1, 0.15) is 10.2 Å². The van der Waals surface area contributed by atoms with Gasteiger partial charge in [-0.3, -0.25) is 19.7 Å². The van der Waals surface area contributed by atoms with Crippen LogP contribution in [0.15, 0.2) is 57.1 Å². The fraction of sp³-hybridized carbons (Fsp3) is 0.125. The number of thioether (sulfide) groups is 1. The largest absolute Gasteiger partial charge is 0.433 e. The first-order valence-electron chi connectivity index (χ1n) is 7.69. The van der Waals surface area contributed by atoms with Crippen molar-refractivity contribution in [3.63, 3.8) is 0 Å². The Bertz CT molecular complexity index is 924. The number of rotatable bonds is 6. The first-order chi connectivity index (χ1) is 13.0. The van der Waals surface area contributed by atoms with E-state index in [0.717, 1.165) is 11.8 Å². The van der Waals surface area contributed by atoms with Crippen molar-refractivity contribution in [1.29, 1.82) is 0 Å². The summed E-state index contributed by atoms with van der Waals surface area (Å²) >= 11 is 1.08. The van der Waals surface area contributed by atoms with Crippen molar-refractivity contribution in [1.82, 2.24) is 5.32 Å². The molecule has 1 atom stereocenters. The molecule has 2 heterocycles. The van der Waals surface area contributed by atoms with E-state index >= 15 is 0 Å².